The highest BCUT2D eigenvalue weighted by atomic mass is 79.9. The number of fused-ring (bicyclic) bond motifs is 1. The molecule has 0 bridgehead atoms. The number of rotatable bonds is 0. The minimum absolute atomic E-state index is 0.781. The van der Waals surface area contributed by atoms with E-state index in [2.05, 4.69) is 34.1 Å². The highest BCUT2D eigenvalue weighted by Crippen LogP contribution is 2.28. The van der Waals surface area contributed by atoms with Gasteiger partial charge in [0.25, 0.3) is 0 Å². The van der Waals surface area contributed by atoms with Crippen LogP contribution in [0.5, 0.6) is 0 Å². The van der Waals surface area contributed by atoms with E-state index in [1.165, 1.54) is 10.5 Å². The van der Waals surface area contributed by atoms with Gasteiger partial charge in [0.2, 0.25) is 0 Å². The fourth-order valence-electron chi connectivity index (χ4n) is 1.22. The molecule has 12 heavy (non-hydrogen) atoms. The molecule has 1 heterocycles. The predicted molar refractivity (Wildman–Crippen MR) is 54.5 cm³/mol. The first kappa shape index (κ1) is 8.60. The van der Waals surface area contributed by atoms with Gasteiger partial charge in [0, 0.05) is 9.37 Å². The topological polar surface area (TPSA) is 9.23 Å². The van der Waals surface area contributed by atoms with Gasteiger partial charge in [-0.25, -0.2) is 0 Å². The van der Waals surface area contributed by atoms with Crippen LogP contribution in [0.15, 0.2) is 27.6 Å². The molecule has 0 unspecified atom stereocenters. The lowest BCUT2D eigenvalue weighted by molar-refractivity contribution is 0.188. The average molecular weight is 245 g/mol. The summed E-state index contributed by atoms with van der Waals surface area (Å²) < 4.78 is 6.51. The third-order valence-electron chi connectivity index (χ3n) is 1.84. The van der Waals surface area contributed by atoms with Crippen LogP contribution in [-0.4, -0.2) is 12.5 Å². The van der Waals surface area contributed by atoms with Crippen molar-refractivity contribution in [1.29, 1.82) is 0 Å². The van der Waals surface area contributed by atoms with Crippen LogP contribution in [0.1, 0.15) is 5.56 Å². The normalized spacial score (nSPS) is 16.8. The standard InChI is InChI=1S/C9H9BrOS/c10-8-2-1-7-3-4-11-6-12-9(7)5-8/h1-2,5H,3-4,6H2. The molecule has 0 saturated heterocycles. The second-order valence-corrected chi connectivity index (χ2v) is 4.55. The molecule has 64 valence electrons. The van der Waals surface area contributed by atoms with E-state index in [0.29, 0.717) is 0 Å². The van der Waals surface area contributed by atoms with Gasteiger partial charge in [-0.05, 0) is 24.1 Å². The number of ether oxygens (including phenoxy) is 1. The minimum atomic E-state index is 0.781. The van der Waals surface area contributed by atoms with E-state index in [-0.39, 0.29) is 0 Å². The van der Waals surface area contributed by atoms with Crippen LogP contribution in [0.3, 0.4) is 0 Å². The number of halogens is 1. The van der Waals surface area contributed by atoms with E-state index in [1.807, 2.05) is 0 Å². The Morgan fingerprint density at radius 3 is 3.25 bits per heavy atom. The zero-order chi connectivity index (χ0) is 8.39. The van der Waals surface area contributed by atoms with Crippen LogP contribution in [0.2, 0.25) is 0 Å². The molecule has 1 nitrogen and oxygen atoms in total. The quantitative estimate of drug-likeness (QED) is 0.694. The average Bonchev–Trinajstić information content (AvgIpc) is 2.28. The molecular formula is C9H9BrOS. The Morgan fingerprint density at radius 1 is 1.42 bits per heavy atom. The Labute approximate surface area is 84.6 Å². The third-order valence-corrected chi connectivity index (χ3v) is 3.31. The molecule has 1 aromatic rings. The van der Waals surface area contributed by atoms with E-state index < -0.39 is 0 Å². The van der Waals surface area contributed by atoms with Gasteiger partial charge in [-0.15, -0.1) is 0 Å². The van der Waals surface area contributed by atoms with Crippen molar-refractivity contribution in [3.63, 3.8) is 0 Å². The molecule has 0 radical (unpaired) electrons. The smallest absolute Gasteiger partial charge is 0.0967 e. The first-order valence-electron chi connectivity index (χ1n) is 3.85. The Bertz CT molecular complexity index is 288. The molecule has 0 N–H and O–H groups in total. The maximum Gasteiger partial charge on any atom is 0.0967 e. The summed E-state index contributed by atoms with van der Waals surface area (Å²) in [5.74, 6) is 0.781. The molecule has 1 aromatic carbocycles. The molecular weight excluding hydrogens is 236 g/mol. The minimum Gasteiger partial charge on any atom is -0.370 e. The van der Waals surface area contributed by atoms with E-state index in [4.69, 9.17) is 4.74 Å². The van der Waals surface area contributed by atoms with E-state index >= 15 is 0 Å². The molecule has 1 aliphatic heterocycles. The molecule has 0 aromatic heterocycles. The molecule has 0 saturated carbocycles. The van der Waals surface area contributed by atoms with Crippen molar-refractivity contribution in [2.45, 2.75) is 11.3 Å². The van der Waals surface area contributed by atoms with Crippen LogP contribution in [0.4, 0.5) is 0 Å². The zero-order valence-corrected chi connectivity index (χ0v) is 8.95. The Morgan fingerprint density at radius 2 is 2.33 bits per heavy atom. The number of thioether (sulfide) groups is 1. The Balaban J connectivity index is 2.36. The van der Waals surface area contributed by atoms with Crippen molar-refractivity contribution in [3.8, 4) is 0 Å². The van der Waals surface area contributed by atoms with Gasteiger partial charge in [0.15, 0.2) is 0 Å². The molecule has 0 fully saturated rings. The predicted octanol–water partition coefficient (Wildman–Crippen LogP) is 3.07. The lowest BCUT2D eigenvalue weighted by Gasteiger charge is -2.02. The van der Waals surface area contributed by atoms with Gasteiger partial charge >= 0.3 is 0 Å². The molecule has 0 aliphatic carbocycles. The third kappa shape index (κ3) is 1.84. The van der Waals surface area contributed by atoms with Crippen LogP contribution in [-0.2, 0) is 11.2 Å². The lowest BCUT2D eigenvalue weighted by atomic mass is 10.2. The monoisotopic (exact) mass is 244 g/mol. The first-order chi connectivity index (χ1) is 5.86. The van der Waals surface area contributed by atoms with Crippen LogP contribution in [0.25, 0.3) is 0 Å². The number of hydrogen-bond donors (Lipinski definition) is 0. The second kappa shape index (κ2) is 3.81. The largest absolute Gasteiger partial charge is 0.370 e. The fraction of sp³-hybridized carbons (Fsp3) is 0.333. The van der Waals surface area contributed by atoms with Crippen molar-refractivity contribution in [2.75, 3.05) is 12.5 Å². The summed E-state index contributed by atoms with van der Waals surface area (Å²) in [7, 11) is 0. The summed E-state index contributed by atoms with van der Waals surface area (Å²) >= 11 is 5.23. The van der Waals surface area contributed by atoms with Gasteiger partial charge < -0.3 is 4.74 Å². The van der Waals surface area contributed by atoms with Crippen LogP contribution < -0.4 is 0 Å². The Kier molecular flexibility index (Phi) is 2.73. The maximum absolute atomic E-state index is 5.36. The van der Waals surface area contributed by atoms with Crippen molar-refractivity contribution in [2.24, 2.45) is 0 Å². The molecule has 0 atom stereocenters. The van der Waals surface area contributed by atoms with Gasteiger partial charge in [-0.3, -0.25) is 0 Å². The van der Waals surface area contributed by atoms with Crippen LogP contribution in [0, 0.1) is 0 Å². The van der Waals surface area contributed by atoms with Crippen LogP contribution >= 0.6 is 27.7 Å². The van der Waals surface area contributed by atoms with Gasteiger partial charge in [0.1, 0.15) is 0 Å². The molecule has 0 amide bonds. The molecule has 3 heteroatoms. The van der Waals surface area contributed by atoms with Crippen molar-refractivity contribution in [3.05, 3.63) is 28.2 Å². The Hall–Kier alpha value is 0.01000. The summed E-state index contributed by atoms with van der Waals surface area (Å²) in [5.41, 5.74) is 1.40. The maximum atomic E-state index is 5.36. The number of benzene rings is 1. The summed E-state index contributed by atoms with van der Waals surface area (Å²) in [5, 5.41) is 0. The summed E-state index contributed by atoms with van der Waals surface area (Å²) in [6, 6.07) is 6.42. The van der Waals surface area contributed by atoms with E-state index in [1.54, 1.807) is 11.8 Å². The highest BCUT2D eigenvalue weighted by molar-refractivity contribution is 9.10. The number of hydrogen-bond acceptors (Lipinski definition) is 2. The molecule has 0 spiro atoms. The van der Waals surface area contributed by atoms with Crippen molar-refractivity contribution < 1.29 is 4.74 Å². The highest BCUT2D eigenvalue weighted by Gasteiger charge is 2.07. The molecule has 1 aliphatic rings. The summed E-state index contributed by atoms with van der Waals surface area (Å²) in [6.07, 6.45) is 1.04. The van der Waals surface area contributed by atoms with Gasteiger partial charge in [-0.1, -0.05) is 33.8 Å². The summed E-state index contributed by atoms with van der Waals surface area (Å²) in [6.45, 7) is 0.849. The fourth-order valence-corrected chi connectivity index (χ4v) is 2.62. The van der Waals surface area contributed by atoms with Crippen molar-refractivity contribution in [1.82, 2.24) is 0 Å². The van der Waals surface area contributed by atoms with Crippen molar-refractivity contribution >= 4 is 27.7 Å². The zero-order valence-electron chi connectivity index (χ0n) is 6.55. The van der Waals surface area contributed by atoms with Gasteiger partial charge in [0.05, 0.1) is 12.5 Å². The molecule has 2 rings (SSSR count). The van der Waals surface area contributed by atoms with E-state index in [0.717, 1.165) is 23.4 Å². The second-order valence-electron chi connectivity index (χ2n) is 2.67. The van der Waals surface area contributed by atoms with Gasteiger partial charge in [-0.2, -0.15) is 0 Å². The lowest BCUT2D eigenvalue weighted by Crippen LogP contribution is -1.93. The van der Waals surface area contributed by atoms with E-state index in [9.17, 15) is 0 Å². The first-order valence-corrected chi connectivity index (χ1v) is 5.63. The SMILES string of the molecule is Brc1ccc2c(c1)SCOCC2. The summed E-state index contributed by atoms with van der Waals surface area (Å²) in [4.78, 5) is 1.35.